The molecule has 4 rings (SSSR count). The van der Waals surface area contributed by atoms with Crippen molar-refractivity contribution in [3.8, 4) is 22.9 Å². The number of rotatable bonds is 6. The average molecular weight is 441 g/mol. The molecule has 0 fully saturated rings. The number of aromatic nitrogens is 4. The van der Waals surface area contributed by atoms with E-state index in [-0.39, 0.29) is 11.4 Å². The van der Waals surface area contributed by atoms with Crippen LogP contribution >= 0.6 is 0 Å². The Balaban J connectivity index is 1.70. The van der Waals surface area contributed by atoms with Gasteiger partial charge in [-0.3, -0.25) is 18.7 Å². The molecule has 1 aliphatic heterocycles. The van der Waals surface area contributed by atoms with E-state index in [1.54, 1.807) is 25.1 Å². The summed E-state index contributed by atoms with van der Waals surface area (Å²) in [5.74, 6) is 0.828. The van der Waals surface area contributed by atoms with Crippen LogP contribution in [0.1, 0.15) is 24.4 Å². The first-order valence-corrected chi connectivity index (χ1v) is 10.1. The number of carbonyl (C=O) groups is 1. The Morgan fingerprint density at radius 2 is 1.97 bits per heavy atom. The highest BCUT2D eigenvalue weighted by molar-refractivity contribution is 5.91. The number of aryl methyl sites for hydroxylation is 1. The standard InChI is InChI=1S/C21H23N5O6/c1-12-22-19(24-32-12)18-14-6-4-5-9-25(14)21(29)26(20(18)28)11-17(27)23-13-7-8-15(30-2)16(10-13)31-3/h7-8,10H,4-6,9,11H2,1-3H3,(H,23,27). The van der Waals surface area contributed by atoms with Crippen molar-refractivity contribution in [1.82, 2.24) is 19.3 Å². The molecule has 1 amide bonds. The van der Waals surface area contributed by atoms with Crippen LogP contribution in [-0.2, 0) is 24.3 Å². The fourth-order valence-corrected chi connectivity index (χ4v) is 3.82. The number of nitrogens with zero attached hydrogens (tertiary/aromatic N) is 4. The van der Waals surface area contributed by atoms with Crippen LogP contribution in [0.4, 0.5) is 5.69 Å². The van der Waals surface area contributed by atoms with Crippen LogP contribution in [0.5, 0.6) is 11.5 Å². The van der Waals surface area contributed by atoms with Crippen molar-refractivity contribution < 1.29 is 18.8 Å². The summed E-state index contributed by atoms with van der Waals surface area (Å²) in [6.07, 6.45) is 2.19. The van der Waals surface area contributed by atoms with E-state index in [1.807, 2.05) is 0 Å². The van der Waals surface area contributed by atoms with Gasteiger partial charge in [-0.1, -0.05) is 5.16 Å². The number of amides is 1. The zero-order chi connectivity index (χ0) is 22.8. The molecule has 0 radical (unpaired) electrons. The van der Waals surface area contributed by atoms with Gasteiger partial charge in [0.15, 0.2) is 11.5 Å². The number of methoxy groups -OCH3 is 2. The van der Waals surface area contributed by atoms with Gasteiger partial charge in [0.2, 0.25) is 17.6 Å². The van der Waals surface area contributed by atoms with Crippen LogP contribution < -0.4 is 26.0 Å². The fraction of sp³-hybridized carbons (Fsp3) is 0.381. The van der Waals surface area contributed by atoms with Crippen LogP contribution in [0.25, 0.3) is 11.4 Å². The van der Waals surface area contributed by atoms with Gasteiger partial charge in [0.05, 0.1) is 14.2 Å². The lowest BCUT2D eigenvalue weighted by atomic mass is 10.0. The molecular weight excluding hydrogens is 418 g/mol. The topological polar surface area (TPSA) is 130 Å². The number of carbonyl (C=O) groups excluding carboxylic acids is 1. The van der Waals surface area contributed by atoms with E-state index >= 15 is 0 Å². The van der Waals surface area contributed by atoms with Crippen molar-refractivity contribution in [2.45, 2.75) is 39.3 Å². The third-order valence-electron chi connectivity index (χ3n) is 5.30. The highest BCUT2D eigenvalue weighted by Crippen LogP contribution is 2.29. The number of fused-ring (bicyclic) bond motifs is 1. The maximum Gasteiger partial charge on any atom is 0.331 e. The Morgan fingerprint density at radius 3 is 2.66 bits per heavy atom. The Hall–Kier alpha value is -3.89. The third kappa shape index (κ3) is 3.88. The lowest BCUT2D eigenvalue weighted by molar-refractivity contribution is -0.116. The van der Waals surface area contributed by atoms with Crippen molar-refractivity contribution in [1.29, 1.82) is 0 Å². The minimum absolute atomic E-state index is 0.118. The molecule has 1 aromatic carbocycles. The molecule has 0 aliphatic carbocycles. The molecule has 0 spiro atoms. The smallest absolute Gasteiger partial charge is 0.331 e. The Morgan fingerprint density at radius 1 is 1.19 bits per heavy atom. The van der Waals surface area contributed by atoms with Crippen LogP contribution in [0.15, 0.2) is 32.3 Å². The second-order valence-electron chi connectivity index (χ2n) is 7.36. The predicted octanol–water partition coefficient (Wildman–Crippen LogP) is 1.36. The molecule has 0 saturated carbocycles. The first kappa shape index (κ1) is 21.3. The summed E-state index contributed by atoms with van der Waals surface area (Å²) in [6.45, 7) is 1.61. The van der Waals surface area contributed by atoms with E-state index in [4.69, 9.17) is 14.0 Å². The monoisotopic (exact) mass is 441 g/mol. The van der Waals surface area contributed by atoms with Crippen molar-refractivity contribution in [2.24, 2.45) is 0 Å². The number of anilines is 1. The molecule has 3 aromatic rings. The van der Waals surface area contributed by atoms with Gasteiger partial charge in [-0.05, 0) is 31.4 Å². The summed E-state index contributed by atoms with van der Waals surface area (Å²) >= 11 is 0. The lowest BCUT2D eigenvalue weighted by Gasteiger charge is -2.21. The fourth-order valence-electron chi connectivity index (χ4n) is 3.82. The van der Waals surface area contributed by atoms with Crippen LogP contribution in [0.2, 0.25) is 0 Å². The minimum Gasteiger partial charge on any atom is -0.493 e. The van der Waals surface area contributed by atoms with Gasteiger partial charge in [0.1, 0.15) is 12.1 Å². The van der Waals surface area contributed by atoms with Gasteiger partial charge in [-0.15, -0.1) is 0 Å². The van der Waals surface area contributed by atoms with E-state index in [0.29, 0.717) is 41.7 Å². The number of hydrogen-bond acceptors (Lipinski definition) is 8. The molecule has 1 aliphatic rings. The molecule has 0 atom stereocenters. The normalized spacial score (nSPS) is 12.8. The highest BCUT2D eigenvalue weighted by atomic mass is 16.5. The summed E-state index contributed by atoms with van der Waals surface area (Å²) in [6, 6.07) is 4.87. The third-order valence-corrected chi connectivity index (χ3v) is 5.30. The van der Waals surface area contributed by atoms with Crippen molar-refractivity contribution in [3.63, 3.8) is 0 Å². The van der Waals surface area contributed by atoms with Crippen molar-refractivity contribution in [3.05, 3.63) is 50.6 Å². The zero-order valence-electron chi connectivity index (χ0n) is 18.0. The summed E-state index contributed by atoms with van der Waals surface area (Å²) < 4.78 is 17.9. The summed E-state index contributed by atoms with van der Waals surface area (Å²) in [5, 5.41) is 6.55. The van der Waals surface area contributed by atoms with Gasteiger partial charge in [-0.25, -0.2) is 4.79 Å². The lowest BCUT2D eigenvalue weighted by Crippen LogP contribution is -2.45. The molecule has 11 heteroatoms. The Kier molecular flexibility index (Phi) is 5.80. The second kappa shape index (κ2) is 8.69. The van der Waals surface area contributed by atoms with Gasteiger partial charge >= 0.3 is 5.69 Å². The molecular formula is C21H23N5O6. The first-order valence-electron chi connectivity index (χ1n) is 10.1. The van der Waals surface area contributed by atoms with Crippen molar-refractivity contribution in [2.75, 3.05) is 19.5 Å². The van der Waals surface area contributed by atoms with E-state index in [9.17, 15) is 14.4 Å². The van der Waals surface area contributed by atoms with Crippen LogP contribution in [0, 0.1) is 6.92 Å². The molecule has 168 valence electrons. The number of nitrogens with one attached hydrogen (secondary N) is 1. The Labute approximate surface area is 182 Å². The summed E-state index contributed by atoms with van der Waals surface area (Å²) in [5.41, 5.74) is 0.0546. The molecule has 0 saturated heterocycles. The molecule has 1 N–H and O–H groups in total. The molecule has 2 aromatic heterocycles. The predicted molar refractivity (Wildman–Crippen MR) is 114 cm³/mol. The van der Waals surface area contributed by atoms with E-state index < -0.39 is 23.7 Å². The zero-order valence-corrected chi connectivity index (χ0v) is 18.0. The van der Waals surface area contributed by atoms with Gasteiger partial charge in [0.25, 0.3) is 5.56 Å². The number of hydrogen-bond donors (Lipinski definition) is 1. The molecule has 0 bridgehead atoms. The van der Waals surface area contributed by atoms with Crippen molar-refractivity contribution >= 4 is 11.6 Å². The van der Waals surface area contributed by atoms with Crippen LogP contribution in [0.3, 0.4) is 0 Å². The van der Waals surface area contributed by atoms with Gasteiger partial charge in [0, 0.05) is 30.9 Å². The minimum atomic E-state index is -0.619. The number of ether oxygens (including phenoxy) is 2. The highest BCUT2D eigenvalue weighted by Gasteiger charge is 2.26. The van der Waals surface area contributed by atoms with E-state index in [1.165, 1.54) is 18.8 Å². The average Bonchev–Trinajstić information content (AvgIpc) is 3.22. The quantitative estimate of drug-likeness (QED) is 0.607. The molecule has 0 unspecified atom stereocenters. The van der Waals surface area contributed by atoms with Gasteiger partial charge < -0.3 is 19.3 Å². The second-order valence-corrected chi connectivity index (χ2v) is 7.36. The molecule has 11 nitrogen and oxygen atoms in total. The van der Waals surface area contributed by atoms with E-state index in [0.717, 1.165) is 17.4 Å². The molecule has 32 heavy (non-hydrogen) atoms. The SMILES string of the molecule is COc1ccc(NC(=O)Cn2c(=O)c(-c3noc(C)n3)c3n(c2=O)CCCC3)cc1OC. The largest absolute Gasteiger partial charge is 0.493 e. The first-order chi connectivity index (χ1) is 15.4. The Bertz CT molecular complexity index is 1290. The maximum absolute atomic E-state index is 13.3. The number of benzene rings is 1. The van der Waals surface area contributed by atoms with E-state index in [2.05, 4.69) is 15.5 Å². The van der Waals surface area contributed by atoms with Crippen LogP contribution in [-0.4, -0.2) is 39.4 Å². The van der Waals surface area contributed by atoms with Gasteiger partial charge in [-0.2, -0.15) is 4.98 Å². The molecule has 3 heterocycles. The summed E-state index contributed by atoms with van der Waals surface area (Å²) in [4.78, 5) is 43.2. The summed E-state index contributed by atoms with van der Waals surface area (Å²) in [7, 11) is 2.99. The maximum atomic E-state index is 13.3.